The summed E-state index contributed by atoms with van der Waals surface area (Å²) >= 11 is 0. The molecule has 0 atom stereocenters. The molecule has 0 bridgehead atoms. The molecule has 0 spiro atoms. The van der Waals surface area contributed by atoms with Crippen LogP contribution in [0, 0.1) is 5.82 Å². The van der Waals surface area contributed by atoms with Crippen LogP contribution < -0.4 is 5.73 Å². The van der Waals surface area contributed by atoms with Gasteiger partial charge in [-0.1, -0.05) is 13.3 Å². The first-order chi connectivity index (χ1) is 8.24. The monoisotopic (exact) mass is 232 g/mol. The normalized spacial score (nSPS) is 11.0. The van der Waals surface area contributed by atoms with Gasteiger partial charge in [0.1, 0.15) is 5.82 Å². The minimum Gasteiger partial charge on any atom is -0.330 e. The Labute approximate surface area is 101 Å². The van der Waals surface area contributed by atoms with Gasteiger partial charge in [0.15, 0.2) is 0 Å². The van der Waals surface area contributed by atoms with Crippen LogP contribution in [0.5, 0.6) is 0 Å². The molecule has 90 valence electrons. The zero-order valence-corrected chi connectivity index (χ0v) is 10.0. The van der Waals surface area contributed by atoms with E-state index in [0.717, 1.165) is 35.9 Å². The molecule has 2 nitrogen and oxygen atoms in total. The minimum absolute atomic E-state index is 0.237. The average molecular weight is 232 g/mol. The van der Waals surface area contributed by atoms with Crippen LogP contribution in [-0.4, -0.2) is 11.5 Å². The van der Waals surface area contributed by atoms with Gasteiger partial charge in [-0.3, -0.25) is 4.98 Å². The van der Waals surface area contributed by atoms with E-state index < -0.39 is 0 Å². The number of aromatic nitrogens is 1. The van der Waals surface area contributed by atoms with Crippen molar-refractivity contribution in [2.24, 2.45) is 5.73 Å². The van der Waals surface area contributed by atoms with E-state index in [0.29, 0.717) is 6.54 Å². The number of hydrogen-bond acceptors (Lipinski definition) is 2. The maximum atomic E-state index is 13.1. The average Bonchev–Trinajstić information content (AvgIpc) is 2.31. The largest absolute Gasteiger partial charge is 0.330 e. The van der Waals surface area contributed by atoms with Crippen LogP contribution in [0.3, 0.4) is 0 Å². The molecule has 17 heavy (non-hydrogen) atoms. The molecule has 0 aliphatic rings. The van der Waals surface area contributed by atoms with Gasteiger partial charge in [-0.15, -0.1) is 0 Å². The van der Waals surface area contributed by atoms with Crippen molar-refractivity contribution < 1.29 is 4.39 Å². The number of nitrogens with two attached hydrogens (primary N) is 1. The summed E-state index contributed by atoms with van der Waals surface area (Å²) in [6, 6.07) is 6.81. The predicted octanol–water partition coefficient (Wildman–Crippen LogP) is 2.83. The quantitative estimate of drug-likeness (QED) is 0.880. The van der Waals surface area contributed by atoms with Crippen molar-refractivity contribution in [1.82, 2.24) is 4.98 Å². The number of aryl methyl sites for hydroxylation is 1. The van der Waals surface area contributed by atoms with Crippen molar-refractivity contribution in [3.8, 4) is 0 Å². The van der Waals surface area contributed by atoms with Gasteiger partial charge in [-0.25, -0.2) is 4.39 Å². The van der Waals surface area contributed by atoms with E-state index in [9.17, 15) is 4.39 Å². The summed E-state index contributed by atoms with van der Waals surface area (Å²) in [6.45, 7) is 2.73. The van der Waals surface area contributed by atoms with Crippen molar-refractivity contribution in [3.63, 3.8) is 0 Å². The molecule has 0 saturated carbocycles. The fourth-order valence-electron chi connectivity index (χ4n) is 2.05. The number of halogens is 1. The van der Waals surface area contributed by atoms with Gasteiger partial charge >= 0.3 is 0 Å². The SMILES string of the molecule is CCCc1nc2cc(F)ccc2cc1CCN. The molecular weight excluding hydrogens is 215 g/mol. The van der Waals surface area contributed by atoms with E-state index in [4.69, 9.17) is 5.73 Å². The van der Waals surface area contributed by atoms with E-state index in [1.807, 2.05) is 0 Å². The molecule has 0 aliphatic heterocycles. The van der Waals surface area contributed by atoms with Crippen LogP contribution in [0.25, 0.3) is 10.9 Å². The summed E-state index contributed by atoms with van der Waals surface area (Å²) in [5.74, 6) is -0.237. The van der Waals surface area contributed by atoms with Gasteiger partial charge in [0.2, 0.25) is 0 Å². The highest BCUT2D eigenvalue weighted by molar-refractivity contribution is 5.79. The third-order valence-corrected chi connectivity index (χ3v) is 2.85. The molecule has 2 aromatic rings. The maximum absolute atomic E-state index is 13.1. The van der Waals surface area contributed by atoms with E-state index in [-0.39, 0.29) is 5.82 Å². The van der Waals surface area contributed by atoms with Crippen molar-refractivity contribution >= 4 is 10.9 Å². The Morgan fingerprint density at radius 1 is 1.24 bits per heavy atom. The second-order valence-electron chi connectivity index (χ2n) is 4.22. The highest BCUT2D eigenvalue weighted by atomic mass is 19.1. The maximum Gasteiger partial charge on any atom is 0.125 e. The van der Waals surface area contributed by atoms with Crippen molar-refractivity contribution in [1.29, 1.82) is 0 Å². The van der Waals surface area contributed by atoms with Crippen LogP contribution in [-0.2, 0) is 12.8 Å². The van der Waals surface area contributed by atoms with Gasteiger partial charge in [0.25, 0.3) is 0 Å². The molecule has 0 radical (unpaired) electrons. The van der Waals surface area contributed by atoms with Gasteiger partial charge in [0.05, 0.1) is 5.52 Å². The molecule has 0 unspecified atom stereocenters. The summed E-state index contributed by atoms with van der Waals surface area (Å²) in [7, 11) is 0. The summed E-state index contributed by atoms with van der Waals surface area (Å²) in [6.07, 6.45) is 2.78. The standard InChI is InChI=1S/C14H17FN2/c1-2-3-13-11(6-7-16)8-10-4-5-12(15)9-14(10)17-13/h4-5,8-9H,2-3,6-7,16H2,1H3. The first-order valence-electron chi connectivity index (χ1n) is 6.02. The number of pyridine rings is 1. The van der Waals surface area contributed by atoms with Gasteiger partial charge < -0.3 is 5.73 Å². The van der Waals surface area contributed by atoms with Gasteiger partial charge in [0, 0.05) is 17.1 Å². The number of fused-ring (bicyclic) bond motifs is 1. The molecule has 0 saturated heterocycles. The molecule has 1 aromatic heterocycles. The zero-order valence-electron chi connectivity index (χ0n) is 10.0. The minimum atomic E-state index is -0.237. The third kappa shape index (κ3) is 2.61. The molecule has 0 fully saturated rings. The van der Waals surface area contributed by atoms with E-state index in [2.05, 4.69) is 18.0 Å². The summed E-state index contributed by atoms with van der Waals surface area (Å²) in [4.78, 5) is 4.55. The van der Waals surface area contributed by atoms with Gasteiger partial charge in [-0.2, -0.15) is 0 Å². The lowest BCUT2D eigenvalue weighted by Crippen LogP contribution is -2.07. The molecular formula is C14H17FN2. The van der Waals surface area contributed by atoms with Crippen molar-refractivity contribution in [2.45, 2.75) is 26.2 Å². The fraction of sp³-hybridized carbons (Fsp3) is 0.357. The van der Waals surface area contributed by atoms with Gasteiger partial charge in [-0.05, 0) is 43.1 Å². The summed E-state index contributed by atoms with van der Waals surface area (Å²) < 4.78 is 13.1. The van der Waals surface area contributed by atoms with Crippen LogP contribution in [0.2, 0.25) is 0 Å². The second kappa shape index (κ2) is 5.23. The lowest BCUT2D eigenvalue weighted by molar-refractivity contribution is 0.629. The van der Waals surface area contributed by atoms with E-state index in [1.165, 1.54) is 17.7 Å². The Bertz CT molecular complexity index is 523. The van der Waals surface area contributed by atoms with E-state index in [1.54, 1.807) is 6.07 Å². The lowest BCUT2D eigenvalue weighted by atomic mass is 10.0. The highest BCUT2D eigenvalue weighted by Crippen LogP contribution is 2.19. The van der Waals surface area contributed by atoms with Crippen LogP contribution >= 0.6 is 0 Å². The number of hydrogen-bond donors (Lipinski definition) is 1. The fourth-order valence-corrected chi connectivity index (χ4v) is 2.05. The smallest absolute Gasteiger partial charge is 0.125 e. The summed E-state index contributed by atoms with van der Waals surface area (Å²) in [5.41, 5.74) is 8.58. The molecule has 0 amide bonds. The lowest BCUT2D eigenvalue weighted by Gasteiger charge is -2.09. The molecule has 3 heteroatoms. The van der Waals surface area contributed by atoms with Crippen LogP contribution in [0.15, 0.2) is 24.3 Å². The number of benzene rings is 1. The Balaban J connectivity index is 2.55. The third-order valence-electron chi connectivity index (χ3n) is 2.85. The Morgan fingerprint density at radius 3 is 2.76 bits per heavy atom. The van der Waals surface area contributed by atoms with Crippen molar-refractivity contribution in [3.05, 3.63) is 41.3 Å². The zero-order chi connectivity index (χ0) is 12.3. The second-order valence-corrected chi connectivity index (χ2v) is 4.22. The number of nitrogens with zero attached hydrogens (tertiary/aromatic N) is 1. The van der Waals surface area contributed by atoms with Crippen molar-refractivity contribution in [2.75, 3.05) is 6.54 Å². The Morgan fingerprint density at radius 2 is 2.06 bits per heavy atom. The predicted molar refractivity (Wildman–Crippen MR) is 68.5 cm³/mol. The first-order valence-corrected chi connectivity index (χ1v) is 6.02. The number of rotatable bonds is 4. The van der Waals surface area contributed by atoms with Crippen LogP contribution in [0.1, 0.15) is 24.6 Å². The molecule has 0 aliphatic carbocycles. The van der Waals surface area contributed by atoms with Crippen LogP contribution in [0.4, 0.5) is 4.39 Å². The topological polar surface area (TPSA) is 38.9 Å². The first kappa shape index (κ1) is 12.0. The molecule has 1 heterocycles. The molecule has 2 N–H and O–H groups in total. The van der Waals surface area contributed by atoms with E-state index >= 15 is 0 Å². The highest BCUT2D eigenvalue weighted by Gasteiger charge is 2.06. The molecule has 1 aromatic carbocycles. The Hall–Kier alpha value is -1.48. The summed E-state index contributed by atoms with van der Waals surface area (Å²) in [5, 5.41) is 0.981. The molecule has 2 rings (SSSR count). The Kier molecular flexibility index (Phi) is 3.69.